The Morgan fingerprint density at radius 1 is 0.960 bits per heavy atom. The van der Waals surface area contributed by atoms with Gasteiger partial charge in [0.15, 0.2) is 0 Å². The number of hydrogen-bond donors (Lipinski definition) is 0. The van der Waals surface area contributed by atoms with Gasteiger partial charge in [0.1, 0.15) is 0 Å². The van der Waals surface area contributed by atoms with Crippen LogP contribution >= 0.6 is 0 Å². The first-order valence-corrected chi connectivity index (χ1v) is 10.5. The Bertz CT molecular complexity index is 525. The smallest absolute Gasteiger partial charge is 0.0543 e. The van der Waals surface area contributed by atoms with E-state index < -0.39 is 0 Å². The lowest BCUT2D eigenvalue weighted by Gasteiger charge is -2.33. The highest BCUT2D eigenvalue weighted by Gasteiger charge is 2.25. The van der Waals surface area contributed by atoms with E-state index in [1.807, 2.05) is 7.11 Å². The van der Waals surface area contributed by atoms with Crippen molar-refractivity contribution in [1.82, 2.24) is 0 Å². The maximum absolute atomic E-state index is 5.40. The molecule has 1 aromatic carbocycles. The summed E-state index contributed by atoms with van der Waals surface area (Å²) in [5, 5.41) is 0. The molecule has 0 aliphatic heterocycles. The zero-order chi connectivity index (χ0) is 18.4. The third-order valence-electron chi connectivity index (χ3n) is 7.12. The molecule has 2 atom stereocenters. The van der Waals surface area contributed by atoms with Gasteiger partial charge in [0, 0.05) is 7.11 Å². The molecule has 1 aliphatic carbocycles. The Hall–Kier alpha value is -0.820. The third kappa shape index (κ3) is 5.84. The monoisotopic (exact) mass is 344 g/mol. The maximum Gasteiger partial charge on any atom is 0.0543 e. The summed E-state index contributed by atoms with van der Waals surface area (Å²) in [7, 11) is 1.83. The predicted octanol–water partition coefficient (Wildman–Crippen LogP) is 6.80. The second-order valence-electron chi connectivity index (χ2n) is 8.71. The highest BCUT2D eigenvalue weighted by atomic mass is 16.5. The van der Waals surface area contributed by atoms with Gasteiger partial charge < -0.3 is 4.74 Å². The quantitative estimate of drug-likeness (QED) is 0.504. The molecule has 0 radical (unpaired) electrons. The molecule has 1 aliphatic rings. The van der Waals surface area contributed by atoms with Crippen LogP contribution in [0, 0.1) is 38.5 Å². The molecule has 2 unspecified atom stereocenters. The number of ether oxygens (including phenoxy) is 1. The Kier molecular flexibility index (Phi) is 8.00. The minimum atomic E-state index is 0.417. The van der Waals surface area contributed by atoms with Crippen molar-refractivity contribution in [2.24, 2.45) is 17.8 Å². The lowest BCUT2D eigenvalue weighted by Crippen LogP contribution is -2.21. The number of hydrogen-bond acceptors (Lipinski definition) is 1. The molecule has 0 bridgehead atoms. The molecule has 1 saturated carbocycles. The van der Waals surface area contributed by atoms with Crippen LogP contribution < -0.4 is 0 Å². The molecule has 0 spiro atoms. The molecule has 0 N–H and O–H groups in total. The Labute approximate surface area is 156 Å². The van der Waals surface area contributed by atoms with Crippen molar-refractivity contribution >= 4 is 0 Å². The van der Waals surface area contributed by atoms with Crippen LogP contribution in [-0.2, 0) is 11.2 Å². The molecule has 1 nitrogen and oxygen atoms in total. The third-order valence-corrected chi connectivity index (χ3v) is 7.12. The molecule has 2 rings (SSSR count). The van der Waals surface area contributed by atoms with Gasteiger partial charge in [0.25, 0.3) is 0 Å². The molecule has 0 saturated heterocycles. The predicted molar refractivity (Wildman–Crippen MR) is 109 cm³/mol. The molecular formula is C24H40O. The molecule has 0 amide bonds. The average Bonchev–Trinajstić information content (AvgIpc) is 2.63. The summed E-state index contributed by atoms with van der Waals surface area (Å²) in [6, 6.07) is 4.67. The van der Waals surface area contributed by atoms with Crippen molar-refractivity contribution < 1.29 is 4.74 Å². The van der Waals surface area contributed by atoms with Crippen LogP contribution in [0.3, 0.4) is 0 Å². The van der Waals surface area contributed by atoms with Crippen LogP contribution in [0.5, 0.6) is 0 Å². The van der Waals surface area contributed by atoms with E-state index in [2.05, 4.69) is 46.8 Å². The van der Waals surface area contributed by atoms with Crippen molar-refractivity contribution in [3.8, 4) is 0 Å². The van der Waals surface area contributed by atoms with Crippen molar-refractivity contribution in [2.45, 2.75) is 92.1 Å². The molecule has 1 heteroatoms. The summed E-state index contributed by atoms with van der Waals surface area (Å²) in [6.07, 6.45) is 11.4. The summed E-state index contributed by atoms with van der Waals surface area (Å²) < 4.78 is 5.40. The van der Waals surface area contributed by atoms with E-state index in [1.165, 1.54) is 68.1 Å². The fourth-order valence-corrected chi connectivity index (χ4v) is 4.54. The summed E-state index contributed by atoms with van der Waals surface area (Å²) in [4.78, 5) is 0. The van der Waals surface area contributed by atoms with Gasteiger partial charge in [-0.25, -0.2) is 0 Å². The molecule has 0 aromatic heterocycles. The fourth-order valence-electron chi connectivity index (χ4n) is 4.54. The SMILES string of the molecule is COC(C)CCC(C)C1CCC(CCc2ccc(C)c(C)c2C)CC1. The van der Waals surface area contributed by atoms with Crippen LogP contribution in [0.25, 0.3) is 0 Å². The Balaban J connectivity index is 1.74. The van der Waals surface area contributed by atoms with E-state index in [9.17, 15) is 0 Å². The van der Waals surface area contributed by atoms with Crippen LogP contribution in [-0.4, -0.2) is 13.2 Å². The van der Waals surface area contributed by atoms with Crippen LogP contribution in [0.4, 0.5) is 0 Å². The Morgan fingerprint density at radius 3 is 2.28 bits per heavy atom. The average molecular weight is 345 g/mol. The van der Waals surface area contributed by atoms with Gasteiger partial charge in [-0.05, 0) is 106 Å². The molecule has 142 valence electrons. The van der Waals surface area contributed by atoms with Crippen molar-refractivity contribution in [1.29, 1.82) is 0 Å². The highest BCUT2D eigenvalue weighted by Crippen LogP contribution is 2.37. The molecule has 25 heavy (non-hydrogen) atoms. The van der Waals surface area contributed by atoms with Crippen LogP contribution in [0.1, 0.15) is 81.0 Å². The topological polar surface area (TPSA) is 9.23 Å². The summed E-state index contributed by atoms with van der Waals surface area (Å²) in [5.41, 5.74) is 6.01. The van der Waals surface area contributed by atoms with Crippen LogP contribution in [0.15, 0.2) is 12.1 Å². The normalized spacial score (nSPS) is 23.4. The zero-order valence-corrected chi connectivity index (χ0v) is 17.5. The summed E-state index contributed by atoms with van der Waals surface area (Å²) >= 11 is 0. The van der Waals surface area contributed by atoms with Gasteiger partial charge in [0.05, 0.1) is 6.10 Å². The van der Waals surface area contributed by atoms with Gasteiger partial charge in [-0.3, -0.25) is 0 Å². The molecule has 1 aromatic rings. The largest absolute Gasteiger partial charge is 0.382 e. The molecule has 0 heterocycles. The minimum absolute atomic E-state index is 0.417. The minimum Gasteiger partial charge on any atom is -0.382 e. The summed E-state index contributed by atoms with van der Waals surface area (Å²) in [6.45, 7) is 11.5. The number of benzene rings is 1. The van der Waals surface area contributed by atoms with E-state index in [4.69, 9.17) is 4.74 Å². The van der Waals surface area contributed by atoms with Gasteiger partial charge in [-0.15, -0.1) is 0 Å². The zero-order valence-electron chi connectivity index (χ0n) is 17.5. The van der Waals surface area contributed by atoms with Gasteiger partial charge in [0.2, 0.25) is 0 Å². The van der Waals surface area contributed by atoms with E-state index in [0.29, 0.717) is 6.10 Å². The van der Waals surface area contributed by atoms with Crippen molar-refractivity contribution in [3.63, 3.8) is 0 Å². The lowest BCUT2D eigenvalue weighted by molar-refractivity contribution is 0.0973. The number of rotatable bonds is 8. The first kappa shape index (κ1) is 20.5. The van der Waals surface area contributed by atoms with E-state index in [1.54, 1.807) is 5.56 Å². The summed E-state index contributed by atoms with van der Waals surface area (Å²) in [5.74, 6) is 2.76. The molecular weight excluding hydrogens is 304 g/mol. The molecule has 1 fully saturated rings. The first-order chi connectivity index (χ1) is 11.9. The number of aryl methyl sites for hydroxylation is 2. The highest BCUT2D eigenvalue weighted by molar-refractivity contribution is 5.38. The van der Waals surface area contributed by atoms with Crippen molar-refractivity contribution in [3.05, 3.63) is 34.4 Å². The van der Waals surface area contributed by atoms with E-state index in [0.717, 1.165) is 17.8 Å². The second-order valence-corrected chi connectivity index (χ2v) is 8.71. The number of methoxy groups -OCH3 is 1. The maximum atomic E-state index is 5.40. The standard InChI is InChI=1S/C24H40O/c1-17-8-13-24(21(5)20(17)4)16-12-22-10-14-23(15-11-22)18(2)7-9-19(3)25-6/h8,13,18-19,22-23H,7,9-12,14-16H2,1-6H3. The Morgan fingerprint density at radius 2 is 1.64 bits per heavy atom. The van der Waals surface area contributed by atoms with Crippen molar-refractivity contribution in [2.75, 3.05) is 7.11 Å². The first-order valence-electron chi connectivity index (χ1n) is 10.5. The van der Waals surface area contributed by atoms with Crippen LogP contribution in [0.2, 0.25) is 0 Å². The van der Waals surface area contributed by atoms with Gasteiger partial charge in [-0.2, -0.15) is 0 Å². The fraction of sp³-hybridized carbons (Fsp3) is 0.750. The second kappa shape index (κ2) is 9.76. The van der Waals surface area contributed by atoms with Gasteiger partial charge >= 0.3 is 0 Å². The van der Waals surface area contributed by atoms with Gasteiger partial charge in [-0.1, -0.05) is 31.9 Å². The lowest BCUT2D eigenvalue weighted by atomic mass is 9.73. The van der Waals surface area contributed by atoms with E-state index >= 15 is 0 Å². The van der Waals surface area contributed by atoms with E-state index in [-0.39, 0.29) is 0 Å².